The number of benzene rings is 1. The predicted octanol–water partition coefficient (Wildman–Crippen LogP) is 1.68. The Hall–Kier alpha value is -0.730. The highest BCUT2D eigenvalue weighted by atomic mass is 35.5. The van der Waals surface area contributed by atoms with Crippen LogP contribution in [0.1, 0.15) is 18.4 Å². The molecule has 0 saturated carbocycles. The third-order valence-electron chi connectivity index (χ3n) is 3.33. The lowest BCUT2D eigenvalue weighted by Gasteiger charge is -2.22. The van der Waals surface area contributed by atoms with E-state index in [1.165, 1.54) is 18.2 Å². The summed E-state index contributed by atoms with van der Waals surface area (Å²) < 4.78 is 32.4. The zero-order valence-corrected chi connectivity index (χ0v) is 13.7. The summed E-state index contributed by atoms with van der Waals surface area (Å²) in [5.74, 6) is 0.208. The summed E-state index contributed by atoms with van der Waals surface area (Å²) in [6, 6.07) is 4.32. The molecule has 0 aromatic heterocycles. The van der Waals surface area contributed by atoms with Crippen LogP contribution >= 0.6 is 23.8 Å². The van der Waals surface area contributed by atoms with Crippen molar-refractivity contribution in [3.8, 4) is 0 Å². The van der Waals surface area contributed by atoms with Gasteiger partial charge in [0.15, 0.2) is 0 Å². The Balaban J connectivity index is 2.08. The molecule has 0 amide bonds. The maximum atomic E-state index is 12.2. The highest BCUT2D eigenvalue weighted by Gasteiger charge is 2.20. The number of hydrogen-bond acceptors (Lipinski definition) is 4. The van der Waals surface area contributed by atoms with Gasteiger partial charge in [-0.15, -0.1) is 0 Å². The van der Waals surface area contributed by atoms with E-state index in [0.717, 1.165) is 19.4 Å². The number of ether oxygens (including phenoxy) is 1. The van der Waals surface area contributed by atoms with E-state index in [1.54, 1.807) is 0 Å². The van der Waals surface area contributed by atoms with Crippen molar-refractivity contribution in [1.82, 2.24) is 4.72 Å². The van der Waals surface area contributed by atoms with Crippen molar-refractivity contribution in [2.24, 2.45) is 11.7 Å². The van der Waals surface area contributed by atoms with Gasteiger partial charge in [-0.05, 0) is 37.0 Å². The summed E-state index contributed by atoms with van der Waals surface area (Å²) in [4.78, 5) is 0.237. The summed E-state index contributed by atoms with van der Waals surface area (Å²) in [6.45, 7) is 1.69. The molecule has 1 heterocycles. The molecule has 1 aromatic carbocycles. The first-order valence-electron chi connectivity index (χ1n) is 6.57. The molecule has 0 bridgehead atoms. The highest BCUT2D eigenvalue weighted by Crippen LogP contribution is 2.21. The fourth-order valence-electron chi connectivity index (χ4n) is 2.14. The fraction of sp³-hybridized carbons (Fsp3) is 0.462. The molecule has 21 heavy (non-hydrogen) atoms. The van der Waals surface area contributed by atoms with Gasteiger partial charge in [-0.3, -0.25) is 0 Å². The molecular weight excluding hydrogens is 332 g/mol. The molecule has 1 unspecified atom stereocenters. The minimum absolute atomic E-state index is 0.101. The summed E-state index contributed by atoms with van der Waals surface area (Å²) in [5, 5.41) is 0.228. The lowest BCUT2D eigenvalue weighted by molar-refractivity contribution is 0.0568. The Morgan fingerprint density at radius 2 is 2.29 bits per heavy atom. The first-order valence-corrected chi connectivity index (χ1v) is 8.84. The second-order valence-corrected chi connectivity index (χ2v) is 7.55. The molecule has 5 nitrogen and oxygen atoms in total. The first-order chi connectivity index (χ1) is 9.90. The minimum atomic E-state index is -3.60. The van der Waals surface area contributed by atoms with Gasteiger partial charge in [-0.1, -0.05) is 23.8 Å². The van der Waals surface area contributed by atoms with Crippen LogP contribution in [-0.2, 0) is 14.8 Å². The third kappa shape index (κ3) is 4.37. The number of rotatable bonds is 5. The number of sulfonamides is 1. The summed E-state index contributed by atoms with van der Waals surface area (Å²) in [6.07, 6.45) is 1.92. The lowest BCUT2D eigenvalue weighted by atomic mass is 10.0. The second kappa shape index (κ2) is 7.02. The van der Waals surface area contributed by atoms with Crippen LogP contribution in [-0.4, -0.2) is 33.2 Å². The molecular formula is C13H17ClN2O3S2. The van der Waals surface area contributed by atoms with Crippen LogP contribution in [0.4, 0.5) is 0 Å². The Morgan fingerprint density at radius 3 is 2.86 bits per heavy atom. The standard InChI is InChI=1S/C13H17ClN2O3S2/c14-12-6-10(3-4-11(12)13(15)20)21(17,18)16-7-9-2-1-5-19-8-9/h3-4,6,9,16H,1-2,5,7-8H2,(H2,15,20). The van der Waals surface area contributed by atoms with Crippen LogP contribution in [0.15, 0.2) is 23.1 Å². The second-order valence-electron chi connectivity index (χ2n) is 4.94. The molecule has 1 fully saturated rings. The van der Waals surface area contributed by atoms with Gasteiger partial charge >= 0.3 is 0 Å². The average molecular weight is 349 g/mol. The van der Waals surface area contributed by atoms with E-state index in [9.17, 15) is 8.42 Å². The van der Waals surface area contributed by atoms with Gasteiger partial charge in [0.05, 0.1) is 16.5 Å². The van der Waals surface area contributed by atoms with E-state index in [4.69, 9.17) is 34.3 Å². The van der Waals surface area contributed by atoms with Crippen molar-refractivity contribution in [3.05, 3.63) is 28.8 Å². The smallest absolute Gasteiger partial charge is 0.240 e. The SMILES string of the molecule is NC(=S)c1ccc(S(=O)(=O)NCC2CCCOC2)cc1Cl. The van der Waals surface area contributed by atoms with Crippen molar-refractivity contribution < 1.29 is 13.2 Å². The van der Waals surface area contributed by atoms with E-state index < -0.39 is 10.0 Å². The Bertz CT molecular complexity index is 628. The Kier molecular flexibility index (Phi) is 5.56. The van der Waals surface area contributed by atoms with Gasteiger partial charge < -0.3 is 10.5 Å². The zero-order valence-electron chi connectivity index (χ0n) is 11.3. The first kappa shape index (κ1) is 16.6. The molecule has 0 spiro atoms. The average Bonchev–Trinajstić information content (AvgIpc) is 2.46. The van der Waals surface area contributed by atoms with Crippen molar-refractivity contribution in [3.63, 3.8) is 0 Å². The molecule has 1 aliphatic heterocycles. The number of thiocarbonyl (C=S) groups is 1. The van der Waals surface area contributed by atoms with E-state index in [1.807, 2.05) is 0 Å². The molecule has 116 valence electrons. The molecule has 1 saturated heterocycles. The zero-order chi connectivity index (χ0) is 15.5. The largest absolute Gasteiger partial charge is 0.389 e. The van der Waals surface area contributed by atoms with Gasteiger partial charge in [0.2, 0.25) is 10.0 Å². The quantitative estimate of drug-likeness (QED) is 0.791. The van der Waals surface area contributed by atoms with Crippen LogP contribution in [0.25, 0.3) is 0 Å². The Morgan fingerprint density at radius 1 is 1.52 bits per heavy atom. The maximum absolute atomic E-state index is 12.2. The minimum Gasteiger partial charge on any atom is -0.389 e. The van der Waals surface area contributed by atoms with Gasteiger partial charge in [0.1, 0.15) is 4.99 Å². The summed E-state index contributed by atoms with van der Waals surface area (Å²) in [7, 11) is -3.60. The molecule has 2 rings (SSSR count). The van der Waals surface area contributed by atoms with E-state index >= 15 is 0 Å². The van der Waals surface area contributed by atoms with Gasteiger partial charge in [-0.2, -0.15) is 0 Å². The summed E-state index contributed by atoms with van der Waals surface area (Å²) >= 11 is 10.8. The van der Waals surface area contributed by atoms with Crippen LogP contribution < -0.4 is 10.5 Å². The van der Waals surface area contributed by atoms with Crippen LogP contribution in [0.2, 0.25) is 5.02 Å². The summed E-state index contributed by atoms with van der Waals surface area (Å²) in [5.41, 5.74) is 5.96. The van der Waals surface area contributed by atoms with Gasteiger partial charge in [-0.25, -0.2) is 13.1 Å². The molecule has 0 aliphatic carbocycles. The molecule has 1 aliphatic rings. The van der Waals surface area contributed by atoms with Crippen LogP contribution in [0, 0.1) is 5.92 Å². The molecule has 1 atom stereocenters. The number of nitrogens with two attached hydrogens (primary N) is 1. The highest BCUT2D eigenvalue weighted by molar-refractivity contribution is 7.89. The predicted molar refractivity (Wildman–Crippen MR) is 86.1 cm³/mol. The monoisotopic (exact) mass is 348 g/mol. The lowest BCUT2D eigenvalue weighted by Crippen LogP contribution is -2.33. The topological polar surface area (TPSA) is 81.4 Å². The number of nitrogens with one attached hydrogen (secondary N) is 1. The molecule has 1 aromatic rings. The van der Waals surface area contributed by atoms with Gasteiger partial charge in [0.25, 0.3) is 0 Å². The van der Waals surface area contributed by atoms with Crippen molar-refractivity contribution >= 4 is 38.8 Å². The van der Waals surface area contributed by atoms with E-state index in [-0.39, 0.29) is 20.8 Å². The molecule has 0 radical (unpaired) electrons. The van der Waals surface area contributed by atoms with Crippen molar-refractivity contribution in [2.75, 3.05) is 19.8 Å². The van der Waals surface area contributed by atoms with E-state index in [2.05, 4.69) is 4.72 Å². The number of halogens is 1. The third-order valence-corrected chi connectivity index (χ3v) is 5.29. The van der Waals surface area contributed by atoms with Crippen LogP contribution in [0.5, 0.6) is 0 Å². The number of hydrogen-bond donors (Lipinski definition) is 2. The fourth-order valence-corrected chi connectivity index (χ4v) is 3.87. The van der Waals surface area contributed by atoms with Crippen LogP contribution in [0.3, 0.4) is 0 Å². The van der Waals surface area contributed by atoms with E-state index in [0.29, 0.717) is 18.7 Å². The molecule has 8 heteroatoms. The van der Waals surface area contributed by atoms with Gasteiger partial charge in [0, 0.05) is 18.7 Å². The Labute approximate surface area is 134 Å². The molecule has 3 N–H and O–H groups in total. The normalized spacial score (nSPS) is 19.4. The maximum Gasteiger partial charge on any atom is 0.240 e. The van der Waals surface area contributed by atoms with Crippen molar-refractivity contribution in [1.29, 1.82) is 0 Å². The van der Waals surface area contributed by atoms with Crippen molar-refractivity contribution in [2.45, 2.75) is 17.7 Å².